The molecule has 10 nitrogen and oxygen atoms in total. The minimum Gasteiger partial charge on any atom is -0.478 e. The van der Waals surface area contributed by atoms with Gasteiger partial charge in [-0.05, 0) is 72.8 Å². The fourth-order valence-corrected chi connectivity index (χ4v) is 3.46. The normalized spacial score (nSPS) is 9.81. The van der Waals surface area contributed by atoms with Crippen LogP contribution < -0.4 is 0 Å². The van der Waals surface area contributed by atoms with Crippen LogP contribution in [-0.2, 0) is 0 Å². The largest absolute Gasteiger partial charge is 0.478 e. The molecule has 0 saturated carbocycles. The van der Waals surface area contributed by atoms with Crippen molar-refractivity contribution in [2.24, 2.45) is 0 Å². The summed E-state index contributed by atoms with van der Waals surface area (Å²) in [5.41, 5.74) is 4.44. The highest BCUT2D eigenvalue weighted by molar-refractivity contribution is 5.90. The van der Waals surface area contributed by atoms with Gasteiger partial charge in [-0.3, -0.25) is 29.9 Å². The summed E-state index contributed by atoms with van der Waals surface area (Å²) < 4.78 is 0. The lowest BCUT2D eigenvalue weighted by Crippen LogP contribution is -2.00. The number of hydrogen-bond donors (Lipinski definition) is 2. The molecule has 42 heavy (non-hydrogen) atoms. The molecule has 0 atom stereocenters. The average Bonchev–Trinajstić information content (AvgIpc) is 3.07. The number of aromatic nitrogens is 6. The van der Waals surface area contributed by atoms with Crippen LogP contribution in [0.2, 0.25) is 0 Å². The second-order valence-corrected chi connectivity index (χ2v) is 8.33. The van der Waals surface area contributed by atoms with Crippen LogP contribution in [-0.4, -0.2) is 52.1 Å². The third-order valence-corrected chi connectivity index (χ3v) is 5.46. The Hall–Kier alpha value is -6.16. The predicted octanol–water partition coefficient (Wildman–Crippen LogP) is 5.83. The van der Waals surface area contributed by atoms with Crippen LogP contribution in [0.1, 0.15) is 20.7 Å². The standard InChI is InChI=1S/C12H8N2O4.2C10H8N2/c15-11(16)7-1-3-13-9(5-7)10-6-8(12(17)18)2-4-14-10;2*1-3-7-11-9(5-1)10-6-2-4-8-12-10/h1-6H,(H,15,16)(H,17,18);2*1-8H. The molecule has 0 saturated heterocycles. The molecule has 0 fully saturated rings. The van der Waals surface area contributed by atoms with Gasteiger partial charge in [0.2, 0.25) is 0 Å². The smallest absolute Gasteiger partial charge is 0.335 e. The molecule has 0 bridgehead atoms. The highest BCUT2D eigenvalue weighted by atomic mass is 16.4. The number of rotatable bonds is 5. The molecule has 0 aliphatic carbocycles. The van der Waals surface area contributed by atoms with Gasteiger partial charge >= 0.3 is 11.9 Å². The summed E-state index contributed by atoms with van der Waals surface area (Å²) in [4.78, 5) is 46.3. The Morgan fingerprint density at radius 2 is 0.667 bits per heavy atom. The lowest BCUT2D eigenvalue weighted by molar-refractivity contribution is 0.0686. The van der Waals surface area contributed by atoms with Crippen molar-refractivity contribution in [3.05, 3.63) is 145 Å². The zero-order chi connectivity index (χ0) is 29.6. The van der Waals surface area contributed by atoms with Crippen molar-refractivity contribution in [1.29, 1.82) is 0 Å². The van der Waals surface area contributed by atoms with E-state index >= 15 is 0 Å². The van der Waals surface area contributed by atoms with E-state index in [1.807, 2.05) is 72.8 Å². The molecule has 6 heterocycles. The van der Waals surface area contributed by atoms with E-state index < -0.39 is 11.9 Å². The zero-order valence-corrected chi connectivity index (χ0v) is 22.1. The quantitative estimate of drug-likeness (QED) is 0.265. The highest BCUT2D eigenvalue weighted by Gasteiger charge is 2.09. The molecule has 0 aliphatic heterocycles. The topological polar surface area (TPSA) is 152 Å². The van der Waals surface area contributed by atoms with E-state index in [2.05, 4.69) is 29.9 Å². The first-order valence-corrected chi connectivity index (χ1v) is 12.5. The van der Waals surface area contributed by atoms with E-state index in [0.717, 1.165) is 22.8 Å². The van der Waals surface area contributed by atoms with Gasteiger partial charge in [0.15, 0.2) is 0 Å². The number of pyridine rings is 6. The van der Waals surface area contributed by atoms with E-state index in [1.165, 1.54) is 36.7 Å². The van der Waals surface area contributed by atoms with Crippen LogP contribution in [0.3, 0.4) is 0 Å². The van der Waals surface area contributed by atoms with Crippen molar-refractivity contribution in [2.75, 3.05) is 0 Å². The molecule has 0 aliphatic rings. The fraction of sp³-hybridized carbons (Fsp3) is 0. The second-order valence-electron chi connectivity index (χ2n) is 8.33. The summed E-state index contributed by atoms with van der Waals surface area (Å²) in [5.74, 6) is -2.15. The van der Waals surface area contributed by atoms with Gasteiger partial charge < -0.3 is 10.2 Å². The maximum absolute atomic E-state index is 10.8. The molecule has 0 unspecified atom stereocenters. The lowest BCUT2D eigenvalue weighted by Gasteiger charge is -2.02. The summed E-state index contributed by atoms with van der Waals surface area (Å²) in [6.45, 7) is 0. The van der Waals surface area contributed by atoms with Gasteiger partial charge in [0.05, 0.1) is 45.3 Å². The Morgan fingerprint density at radius 3 is 0.905 bits per heavy atom. The monoisotopic (exact) mass is 556 g/mol. The minimum atomic E-state index is -1.08. The van der Waals surface area contributed by atoms with Crippen molar-refractivity contribution >= 4 is 11.9 Å². The van der Waals surface area contributed by atoms with Crippen LogP contribution in [0.25, 0.3) is 34.2 Å². The molecule has 0 spiro atoms. The van der Waals surface area contributed by atoms with Crippen LogP contribution in [0, 0.1) is 0 Å². The average molecular weight is 557 g/mol. The molecule has 0 aromatic carbocycles. The van der Waals surface area contributed by atoms with Crippen molar-refractivity contribution in [3.8, 4) is 34.2 Å². The van der Waals surface area contributed by atoms with Crippen molar-refractivity contribution in [2.45, 2.75) is 0 Å². The molecule has 6 rings (SSSR count). The summed E-state index contributed by atoms with van der Waals surface area (Å²) in [6.07, 6.45) is 9.75. The van der Waals surface area contributed by atoms with Crippen LogP contribution in [0.4, 0.5) is 0 Å². The van der Waals surface area contributed by atoms with Gasteiger partial charge in [-0.2, -0.15) is 0 Å². The molecular formula is C32H24N6O4. The number of carboxylic acids is 2. The summed E-state index contributed by atoms with van der Waals surface area (Å²) in [7, 11) is 0. The van der Waals surface area contributed by atoms with Crippen molar-refractivity contribution in [1.82, 2.24) is 29.9 Å². The third-order valence-electron chi connectivity index (χ3n) is 5.46. The van der Waals surface area contributed by atoms with Crippen molar-refractivity contribution in [3.63, 3.8) is 0 Å². The van der Waals surface area contributed by atoms with Crippen LogP contribution >= 0.6 is 0 Å². The van der Waals surface area contributed by atoms with Gasteiger partial charge in [-0.1, -0.05) is 24.3 Å². The van der Waals surface area contributed by atoms with E-state index in [0.29, 0.717) is 11.4 Å². The molecule has 0 amide bonds. The first-order chi connectivity index (χ1) is 20.5. The SMILES string of the molecule is O=C(O)c1ccnc(-c2cc(C(=O)O)ccn2)c1.c1ccc(-c2ccccn2)nc1.c1ccc(-c2ccccn2)nc1. The van der Waals surface area contributed by atoms with Gasteiger partial charge in [0.25, 0.3) is 0 Å². The highest BCUT2D eigenvalue weighted by Crippen LogP contribution is 2.17. The molecule has 6 aromatic rings. The Bertz CT molecular complexity index is 1520. The van der Waals surface area contributed by atoms with E-state index in [1.54, 1.807) is 24.8 Å². The Kier molecular flexibility index (Phi) is 10.2. The van der Waals surface area contributed by atoms with Crippen LogP contribution in [0.5, 0.6) is 0 Å². The first kappa shape index (κ1) is 28.8. The number of carbonyl (C=O) groups is 2. The Labute approximate surface area is 241 Å². The van der Waals surface area contributed by atoms with Crippen molar-refractivity contribution < 1.29 is 19.8 Å². The lowest BCUT2D eigenvalue weighted by atomic mass is 10.1. The van der Waals surface area contributed by atoms with Crippen LogP contribution in [0.15, 0.2) is 134 Å². The molecule has 2 N–H and O–H groups in total. The summed E-state index contributed by atoms with van der Waals surface area (Å²) in [5, 5.41) is 17.7. The van der Waals surface area contributed by atoms with Gasteiger partial charge in [0, 0.05) is 37.2 Å². The molecule has 206 valence electrons. The zero-order valence-electron chi connectivity index (χ0n) is 22.1. The Morgan fingerprint density at radius 1 is 0.381 bits per heavy atom. The molecule has 0 radical (unpaired) electrons. The fourth-order valence-electron chi connectivity index (χ4n) is 3.46. The minimum absolute atomic E-state index is 0.0718. The molecule has 10 heteroatoms. The van der Waals surface area contributed by atoms with E-state index in [-0.39, 0.29) is 11.1 Å². The second kappa shape index (κ2) is 14.8. The van der Waals surface area contributed by atoms with Gasteiger partial charge in [-0.25, -0.2) is 9.59 Å². The van der Waals surface area contributed by atoms with E-state index in [9.17, 15) is 9.59 Å². The van der Waals surface area contributed by atoms with Gasteiger partial charge in [-0.15, -0.1) is 0 Å². The molecule has 6 aromatic heterocycles. The first-order valence-electron chi connectivity index (χ1n) is 12.5. The third kappa shape index (κ3) is 8.42. The maximum Gasteiger partial charge on any atom is 0.335 e. The Balaban J connectivity index is 0.000000149. The number of hydrogen-bond acceptors (Lipinski definition) is 8. The number of carboxylic acid groups (broad SMARTS) is 2. The van der Waals surface area contributed by atoms with E-state index in [4.69, 9.17) is 10.2 Å². The summed E-state index contributed by atoms with van der Waals surface area (Å²) >= 11 is 0. The molecular weight excluding hydrogens is 532 g/mol. The number of aromatic carboxylic acids is 2. The van der Waals surface area contributed by atoms with Gasteiger partial charge in [0.1, 0.15) is 0 Å². The summed E-state index contributed by atoms with van der Waals surface area (Å²) in [6, 6.07) is 28.6. The maximum atomic E-state index is 10.8. The predicted molar refractivity (Wildman–Crippen MR) is 156 cm³/mol. The number of nitrogens with zero attached hydrogens (tertiary/aromatic N) is 6.